The minimum Gasteiger partial charge on any atom is -0.464 e. The van der Waals surface area contributed by atoms with Crippen LogP contribution >= 0.6 is 0 Å². The van der Waals surface area contributed by atoms with Crippen molar-refractivity contribution in [3.63, 3.8) is 0 Å². The van der Waals surface area contributed by atoms with Crippen LogP contribution in [0, 0.1) is 0 Å². The summed E-state index contributed by atoms with van der Waals surface area (Å²) in [6, 6.07) is -0.397. The lowest BCUT2D eigenvalue weighted by Gasteiger charge is -2.33. The summed E-state index contributed by atoms with van der Waals surface area (Å²) in [4.78, 5) is 25.9. The number of esters is 1. The molecule has 4 nitrogen and oxygen atoms in total. The molecular weight excluding hydrogens is 254 g/mol. The molecule has 1 aliphatic rings. The Kier molecular flexibility index (Phi) is 7.34. The number of allylic oxidation sites excluding steroid dienone is 1. The van der Waals surface area contributed by atoms with Crippen molar-refractivity contribution in [2.45, 2.75) is 65.3 Å². The molecule has 0 aromatic carbocycles. The Labute approximate surface area is 122 Å². The van der Waals surface area contributed by atoms with Crippen LogP contribution in [0.3, 0.4) is 0 Å². The van der Waals surface area contributed by atoms with E-state index in [1.807, 2.05) is 6.92 Å². The number of hydrogen-bond donors (Lipinski definition) is 0. The minimum absolute atomic E-state index is 0.0450. The van der Waals surface area contributed by atoms with Crippen LogP contribution in [0.5, 0.6) is 0 Å². The van der Waals surface area contributed by atoms with Gasteiger partial charge in [0.1, 0.15) is 6.04 Å². The van der Waals surface area contributed by atoms with Gasteiger partial charge in [-0.15, -0.1) is 0 Å². The van der Waals surface area contributed by atoms with E-state index in [9.17, 15) is 9.59 Å². The first-order valence-corrected chi connectivity index (χ1v) is 7.74. The normalized spacial score (nSPS) is 19.9. The molecular formula is C16H27NO3. The van der Waals surface area contributed by atoms with Crippen molar-refractivity contribution in [1.29, 1.82) is 0 Å². The maximum atomic E-state index is 12.3. The molecule has 0 N–H and O–H groups in total. The van der Waals surface area contributed by atoms with E-state index in [1.165, 1.54) is 0 Å². The Bertz CT molecular complexity index is 363. The van der Waals surface area contributed by atoms with Crippen molar-refractivity contribution in [2.75, 3.05) is 13.2 Å². The smallest absolute Gasteiger partial charge is 0.328 e. The Morgan fingerprint density at radius 2 is 2.05 bits per heavy atom. The Morgan fingerprint density at radius 3 is 2.70 bits per heavy atom. The highest BCUT2D eigenvalue weighted by atomic mass is 16.5. The van der Waals surface area contributed by atoms with Crippen molar-refractivity contribution in [3.8, 4) is 0 Å². The zero-order chi connectivity index (χ0) is 15.0. The van der Waals surface area contributed by atoms with Crippen LogP contribution in [0.15, 0.2) is 11.6 Å². The lowest BCUT2D eigenvalue weighted by molar-refractivity contribution is -0.155. The largest absolute Gasteiger partial charge is 0.464 e. The summed E-state index contributed by atoms with van der Waals surface area (Å²) in [6.07, 6.45) is 7.50. The fraction of sp³-hybridized carbons (Fsp3) is 0.750. The van der Waals surface area contributed by atoms with E-state index < -0.39 is 6.04 Å². The number of carbonyl (C=O) groups is 2. The van der Waals surface area contributed by atoms with E-state index in [2.05, 4.69) is 6.92 Å². The number of ether oxygens (including phenoxy) is 1. The lowest BCUT2D eigenvalue weighted by atomic mass is 10.0. The van der Waals surface area contributed by atoms with Crippen molar-refractivity contribution in [2.24, 2.45) is 0 Å². The number of piperidine rings is 1. The fourth-order valence-corrected chi connectivity index (χ4v) is 2.50. The topological polar surface area (TPSA) is 46.6 Å². The molecule has 114 valence electrons. The fourth-order valence-electron chi connectivity index (χ4n) is 2.50. The Morgan fingerprint density at radius 1 is 1.30 bits per heavy atom. The van der Waals surface area contributed by atoms with Crippen molar-refractivity contribution >= 4 is 11.9 Å². The van der Waals surface area contributed by atoms with Gasteiger partial charge in [-0.05, 0) is 46.0 Å². The van der Waals surface area contributed by atoms with Crippen LogP contribution in [0.4, 0.5) is 0 Å². The molecule has 0 aliphatic carbocycles. The predicted molar refractivity (Wildman–Crippen MR) is 79.3 cm³/mol. The first kappa shape index (κ1) is 16.7. The molecule has 0 saturated carbocycles. The highest BCUT2D eigenvalue weighted by Crippen LogP contribution is 2.19. The monoisotopic (exact) mass is 281 g/mol. The zero-order valence-corrected chi connectivity index (χ0v) is 13.0. The van der Waals surface area contributed by atoms with Gasteiger partial charge >= 0.3 is 5.97 Å². The molecule has 0 bridgehead atoms. The number of nitrogens with zero attached hydrogens (tertiary/aromatic N) is 1. The molecule has 0 spiro atoms. The molecule has 1 amide bonds. The van der Waals surface area contributed by atoms with Gasteiger partial charge < -0.3 is 9.64 Å². The van der Waals surface area contributed by atoms with Crippen LogP contribution < -0.4 is 0 Å². The summed E-state index contributed by atoms with van der Waals surface area (Å²) in [5.74, 6) is -0.309. The van der Waals surface area contributed by atoms with E-state index in [-0.39, 0.29) is 11.9 Å². The molecule has 4 heteroatoms. The second-order valence-electron chi connectivity index (χ2n) is 5.39. The van der Waals surface area contributed by atoms with Crippen LogP contribution in [-0.2, 0) is 14.3 Å². The summed E-state index contributed by atoms with van der Waals surface area (Å²) in [5, 5.41) is 0. The third-order valence-electron chi connectivity index (χ3n) is 3.64. The summed E-state index contributed by atoms with van der Waals surface area (Å²) in [5.41, 5.74) is 1.09. The van der Waals surface area contributed by atoms with Gasteiger partial charge in [0.15, 0.2) is 0 Å². The molecule has 20 heavy (non-hydrogen) atoms. The highest BCUT2D eigenvalue weighted by Gasteiger charge is 2.32. The van der Waals surface area contributed by atoms with Crippen molar-refractivity contribution in [1.82, 2.24) is 4.90 Å². The molecule has 1 rings (SSSR count). The number of likely N-dealkylation sites (tertiary alicyclic amines) is 1. The Balaban J connectivity index is 2.69. The first-order chi connectivity index (χ1) is 9.60. The molecule has 0 aromatic rings. The molecule has 1 heterocycles. The molecule has 1 atom stereocenters. The van der Waals surface area contributed by atoms with Gasteiger partial charge in [0.2, 0.25) is 5.91 Å². The third-order valence-corrected chi connectivity index (χ3v) is 3.64. The number of carbonyl (C=O) groups excluding carboxylic acids is 2. The van der Waals surface area contributed by atoms with E-state index in [4.69, 9.17) is 4.74 Å². The summed E-state index contributed by atoms with van der Waals surface area (Å²) < 4.78 is 5.08. The van der Waals surface area contributed by atoms with Gasteiger partial charge in [-0.25, -0.2) is 4.79 Å². The number of hydrogen-bond acceptors (Lipinski definition) is 3. The van der Waals surface area contributed by atoms with Gasteiger partial charge in [-0.1, -0.05) is 18.9 Å². The highest BCUT2D eigenvalue weighted by molar-refractivity contribution is 5.92. The molecule has 0 aromatic heterocycles. The average Bonchev–Trinajstić information content (AvgIpc) is 2.45. The minimum atomic E-state index is -0.397. The van der Waals surface area contributed by atoms with Gasteiger partial charge in [-0.3, -0.25) is 4.79 Å². The zero-order valence-electron chi connectivity index (χ0n) is 13.0. The van der Waals surface area contributed by atoms with Gasteiger partial charge in [0.25, 0.3) is 0 Å². The first-order valence-electron chi connectivity index (χ1n) is 7.74. The van der Waals surface area contributed by atoms with Crippen LogP contribution in [0.25, 0.3) is 0 Å². The van der Waals surface area contributed by atoms with Crippen LogP contribution in [-0.4, -0.2) is 36.0 Å². The number of amides is 1. The van der Waals surface area contributed by atoms with Crippen LogP contribution in [0.1, 0.15) is 59.3 Å². The second-order valence-corrected chi connectivity index (χ2v) is 5.39. The van der Waals surface area contributed by atoms with Gasteiger partial charge in [0, 0.05) is 12.6 Å². The summed E-state index contributed by atoms with van der Waals surface area (Å²) >= 11 is 0. The molecule has 1 saturated heterocycles. The maximum absolute atomic E-state index is 12.3. The predicted octanol–water partition coefficient (Wildman–Crippen LogP) is 3.07. The lowest BCUT2D eigenvalue weighted by Crippen LogP contribution is -2.48. The summed E-state index contributed by atoms with van der Waals surface area (Å²) in [6.45, 7) is 6.93. The van der Waals surface area contributed by atoms with E-state index in [1.54, 1.807) is 17.9 Å². The molecule has 1 aliphatic heterocycles. The summed E-state index contributed by atoms with van der Waals surface area (Å²) in [7, 11) is 0. The van der Waals surface area contributed by atoms with Gasteiger partial charge in [-0.2, -0.15) is 0 Å². The molecule has 0 radical (unpaired) electrons. The SMILES string of the molecule is CCCC/C(C)=C/C(=O)N1CCCCC1C(=O)OCC. The molecule has 1 fully saturated rings. The van der Waals surface area contributed by atoms with Crippen molar-refractivity contribution in [3.05, 3.63) is 11.6 Å². The Hall–Kier alpha value is -1.32. The van der Waals surface area contributed by atoms with E-state index in [0.717, 1.165) is 37.7 Å². The maximum Gasteiger partial charge on any atom is 0.328 e. The number of rotatable bonds is 6. The van der Waals surface area contributed by atoms with Crippen LogP contribution in [0.2, 0.25) is 0 Å². The van der Waals surface area contributed by atoms with Crippen molar-refractivity contribution < 1.29 is 14.3 Å². The quantitative estimate of drug-likeness (QED) is 0.555. The standard InChI is InChI=1S/C16H27NO3/c1-4-6-9-13(3)12-15(18)17-11-8-7-10-14(17)16(19)20-5-2/h12,14H,4-11H2,1-3H3/b13-12+. The average molecular weight is 281 g/mol. The van der Waals surface area contributed by atoms with E-state index >= 15 is 0 Å². The third kappa shape index (κ3) is 4.99. The second kappa shape index (κ2) is 8.77. The van der Waals surface area contributed by atoms with Gasteiger partial charge in [0.05, 0.1) is 6.61 Å². The molecule has 1 unspecified atom stereocenters. The number of unbranched alkanes of at least 4 members (excludes halogenated alkanes) is 1. The van der Waals surface area contributed by atoms with E-state index in [0.29, 0.717) is 19.6 Å².